The summed E-state index contributed by atoms with van der Waals surface area (Å²) in [6, 6.07) is 9.84. The number of hydrogen-bond donors (Lipinski definition) is 2. The van der Waals surface area contributed by atoms with E-state index in [0.717, 1.165) is 31.0 Å². The van der Waals surface area contributed by atoms with Gasteiger partial charge in [-0.15, -0.1) is 0 Å². The van der Waals surface area contributed by atoms with E-state index in [1.54, 1.807) is 12.1 Å². The van der Waals surface area contributed by atoms with Crippen LogP contribution in [0.4, 0.5) is 0 Å². The zero-order valence-electron chi connectivity index (χ0n) is 20.1. The SMILES string of the molecule is CO.CO.[2H]C([2H])([2H])c1c[c-]c(-c2cc(C([2H])(C)C)[c]([Ge]([CH3])([CH3])[CH3])cn2)cc1.[Ir]. The normalized spacial score (nSPS) is 13.3. The summed E-state index contributed by atoms with van der Waals surface area (Å²) < 4.78 is 32.0. The maximum absolute atomic E-state index is 8.49. The van der Waals surface area contributed by atoms with Gasteiger partial charge in [-0.05, 0) is 0 Å². The van der Waals surface area contributed by atoms with E-state index in [1.165, 1.54) is 10.5 Å². The Morgan fingerprint density at radius 3 is 2.16 bits per heavy atom. The molecular formula is C20H32GeIrNO2-. The minimum atomic E-state index is -2.14. The molecule has 2 rings (SSSR count). The van der Waals surface area contributed by atoms with E-state index < -0.39 is 26.0 Å². The third kappa shape index (κ3) is 8.14. The molecule has 1 radical (unpaired) electrons. The van der Waals surface area contributed by atoms with Crippen LogP contribution in [0.3, 0.4) is 0 Å². The minimum absolute atomic E-state index is 0. The van der Waals surface area contributed by atoms with Gasteiger partial charge in [0.15, 0.2) is 0 Å². The van der Waals surface area contributed by atoms with Gasteiger partial charge in [-0.25, -0.2) is 0 Å². The zero-order chi connectivity index (χ0) is 22.3. The Kier molecular flexibility index (Phi) is 9.84. The van der Waals surface area contributed by atoms with Crippen LogP contribution >= 0.6 is 0 Å². The third-order valence-corrected chi connectivity index (χ3v) is 7.57. The summed E-state index contributed by atoms with van der Waals surface area (Å²) in [6.07, 6.45) is 1.91. The molecule has 0 bridgehead atoms. The van der Waals surface area contributed by atoms with E-state index in [0.29, 0.717) is 0 Å². The number of hydrogen-bond acceptors (Lipinski definition) is 3. The summed E-state index contributed by atoms with van der Waals surface area (Å²) in [6.45, 7) is 1.66. The average molecular weight is 587 g/mol. The van der Waals surface area contributed by atoms with Gasteiger partial charge in [-0.3, -0.25) is 0 Å². The molecule has 1 aromatic carbocycles. The third-order valence-electron chi connectivity index (χ3n) is 3.34. The van der Waals surface area contributed by atoms with Gasteiger partial charge < -0.3 is 10.2 Å². The molecular weight excluding hydrogens is 551 g/mol. The van der Waals surface area contributed by atoms with Gasteiger partial charge in [0, 0.05) is 34.3 Å². The summed E-state index contributed by atoms with van der Waals surface area (Å²) in [7, 11) is 2.00. The molecule has 0 aliphatic rings. The van der Waals surface area contributed by atoms with Crippen molar-refractivity contribution in [2.45, 2.75) is 43.9 Å². The van der Waals surface area contributed by atoms with Crippen molar-refractivity contribution in [3.05, 3.63) is 47.7 Å². The Balaban J connectivity index is 0. The number of aromatic nitrogens is 1. The Morgan fingerprint density at radius 1 is 1.16 bits per heavy atom. The summed E-state index contributed by atoms with van der Waals surface area (Å²) in [4.78, 5) is 4.57. The van der Waals surface area contributed by atoms with Crippen molar-refractivity contribution in [3.63, 3.8) is 0 Å². The first kappa shape index (κ1) is 19.2. The van der Waals surface area contributed by atoms with E-state index in [4.69, 9.17) is 15.7 Å². The van der Waals surface area contributed by atoms with Crippen molar-refractivity contribution >= 4 is 17.7 Å². The fourth-order valence-corrected chi connectivity index (χ4v) is 5.52. The van der Waals surface area contributed by atoms with E-state index >= 15 is 0 Å². The van der Waals surface area contributed by atoms with Crippen molar-refractivity contribution in [2.24, 2.45) is 0 Å². The van der Waals surface area contributed by atoms with Gasteiger partial charge in [0.2, 0.25) is 0 Å². The second-order valence-electron chi connectivity index (χ2n) is 6.36. The quantitative estimate of drug-likeness (QED) is 0.426. The summed E-state index contributed by atoms with van der Waals surface area (Å²) in [5.74, 6) is 6.18. The second-order valence-corrected chi connectivity index (χ2v) is 16.9. The predicted molar refractivity (Wildman–Crippen MR) is 107 cm³/mol. The second kappa shape index (κ2) is 12.8. The molecule has 0 fully saturated rings. The van der Waals surface area contributed by atoms with Crippen LogP contribution in [-0.4, -0.2) is 42.7 Å². The number of aliphatic hydroxyl groups excluding tert-OH is 2. The van der Waals surface area contributed by atoms with Crippen molar-refractivity contribution in [1.82, 2.24) is 4.98 Å². The fourth-order valence-electron chi connectivity index (χ4n) is 2.20. The van der Waals surface area contributed by atoms with Crippen LogP contribution in [0, 0.1) is 12.9 Å². The molecule has 0 saturated carbocycles. The first-order valence-corrected chi connectivity index (χ1v) is 15.1. The molecule has 2 aromatic rings. The molecule has 25 heavy (non-hydrogen) atoms. The van der Waals surface area contributed by atoms with Gasteiger partial charge in [0.25, 0.3) is 0 Å². The molecule has 3 nitrogen and oxygen atoms in total. The van der Waals surface area contributed by atoms with Gasteiger partial charge in [-0.2, -0.15) is 0 Å². The van der Waals surface area contributed by atoms with Crippen LogP contribution in [0.25, 0.3) is 11.3 Å². The Labute approximate surface area is 175 Å². The van der Waals surface area contributed by atoms with Gasteiger partial charge in [-0.1, -0.05) is 0 Å². The zero-order valence-corrected chi connectivity index (χ0v) is 20.6. The molecule has 143 valence electrons. The molecule has 0 atom stereocenters. The fraction of sp³-hybridized carbons (Fsp3) is 0.450. The number of aryl methyl sites for hydroxylation is 1. The molecule has 0 aliphatic heterocycles. The topological polar surface area (TPSA) is 53.4 Å². The first-order valence-electron chi connectivity index (χ1n) is 9.73. The molecule has 1 aromatic heterocycles. The van der Waals surface area contributed by atoms with Crippen molar-refractivity contribution in [3.8, 4) is 11.3 Å². The first-order chi connectivity index (χ1) is 12.8. The van der Waals surface area contributed by atoms with Gasteiger partial charge in [0.05, 0.1) is 0 Å². The molecule has 0 aliphatic carbocycles. The predicted octanol–water partition coefficient (Wildman–Crippen LogP) is 3.74. The Morgan fingerprint density at radius 2 is 1.76 bits per heavy atom. The summed E-state index contributed by atoms with van der Waals surface area (Å²) in [5, 5.41) is 14.0. The maximum atomic E-state index is 8.49. The molecule has 0 unspecified atom stereocenters. The molecule has 0 amide bonds. The van der Waals surface area contributed by atoms with E-state index in [-0.39, 0.29) is 25.7 Å². The number of rotatable bonds is 3. The number of aliphatic hydroxyl groups is 2. The average Bonchev–Trinajstić information content (AvgIpc) is 2.62. The monoisotopic (exact) mass is 589 g/mol. The van der Waals surface area contributed by atoms with Crippen molar-refractivity contribution < 1.29 is 35.8 Å². The largest absolute Gasteiger partial charge is 0 e. The smallest absolute Gasteiger partial charge is 0 e. The van der Waals surface area contributed by atoms with E-state index in [2.05, 4.69) is 28.3 Å². The van der Waals surface area contributed by atoms with Crippen LogP contribution < -0.4 is 4.40 Å². The van der Waals surface area contributed by atoms with Crippen LogP contribution in [0.15, 0.2) is 30.5 Å². The number of pyridine rings is 1. The van der Waals surface area contributed by atoms with Crippen LogP contribution in [0.2, 0.25) is 17.3 Å². The molecule has 5 heteroatoms. The maximum Gasteiger partial charge on any atom is 0 e. The van der Waals surface area contributed by atoms with E-state index in [1.807, 2.05) is 26.1 Å². The molecule has 0 saturated heterocycles. The standard InChI is InChI=1S/C18H24GeN.2CH4O.Ir/c1-13(2)16-11-18(15-9-7-14(3)8-10-15)20-12-17(16)19(4,5)6;2*1-2;/h7-9,11-13H,1-6H3;2*2H,1H3;/q-1;;;/i3D3,13D;;;. The van der Waals surface area contributed by atoms with Gasteiger partial charge in [0.1, 0.15) is 0 Å². The van der Waals surface area contributed by atoms with Crippen LogP contribution in [0.5, 0.6) is 0 Å². The Bertz CT molecular complexity index is 740. The minimum Gasteiger partial charge on any atom is 0 e. The van der Waals surface area contributed by atoms with Crippen LogP contribution in [-0.2, 0) is 20.1 Å². The molecule has 1 heterocycles. The summed E-state index contributed by atoms with van der Waals surface area (Å²) >= 11 is -2.14. The Hall–Kier alpha value is -0.518. The van der Waals surface area contributed by atoms with Crippen LogP contribution in [0.1, 0.15) is 36.4 Å². The summed E-state index contributed by atoms with van der Waals surface area (Å²) in [5.41, 5.74) is 2.76. The van der Waals surface area contributed by atoms with Crippen molar-refractivity contribution in [1.29, 1.82) is 0 Å². The number of benzene rings is 1. The van der Waals surface area contributed by atoms with E-state index in [9.17, 15) is 0 Å². The molecule has 0 spiro atoms. The number of nitrogens with zero attached hydrogens (tertiary/aromatic N) is 1. The van der Waals surface area contributed by atoms with Gasteiger partial charge >= 0.3 is 131 Å². The molecule has 2 N–H and O–H groups in total. The van der Waals surface area contributed by atoms with Crippen molar-refractivity contribution in [2.75, 3.05) is 14.2 Å².